The van der Waals surface area contributed by atoms with Gasteiger partial charge in [-0.05, 0) is 55.5 Å². The van der Waals surface area contributed by atoms with Crippen molar-refractivity contribution in [3.8, 4) is 5.75 Å². The molecule has 1 fully saturated rings. The molecule has 4 rings (SSSR count). The number of sulfonamides is 1. The zero-order valence-electron chi connectivity index (χ0n) is 19.1. The lowest BCUT2D eigenvalue weighted by atomic mass is 9.92. The van der Waals surface area contributed by atoms with Crippen molar-refractivity contribution in [2.24, 2.45) is 5.92 Å². The lowest BCUT2D eigenvalue weighted by Gasteiger charge is -2.31. The van der Waals surface area contributed by atoms with Crippen LogP contribution >= 0.6 is 0 Å². The molecule has 3 aromatic rings. The first-order valence-electron chi connectivity index (χ1n) is 11.4. The Balaban J connectivity index is 1.20. The van der Waals surface area contributed by atoms with Crippen LogP contribution in [0.2, 0.25) is 0 Å². The molecule has 1 aliphatic rings. The van der Waals surface area contributed by atoms with Crippen LogP contribution in [0.5, 0.6) is 5.75 Å². The average Bonchev–Trinajstić information content (AvgIpc) is 3.28. The highest BCUT2D eigenvalue weighted by Crippen LogP contribution is 2.31. The molecule has 1 saturated heterocycles. The predicted octanol–water partition coefficient (Wildman–Crippen LogP) is 3.71. The lowest BCUT2D eigenvalue weighted by molar-refractivity contribution is 0.0948. The molecule has 8 nitrogen and oxygen atoms in total. The third kappa shape index (κ3) is 5.39. The topological polar surface area (TPSA) is 104 Å². The molecule has 3 heterocycles. The van der Waals surface area contributed by atoms with Crippen molar-refractivity contribution >= 4 is 26.8 Å². The molecular weight excluding hydrogens is 459 g/mol. The first kappa shape index (κ1) is 24.2. The maximum Gasteiger partial charge on any atom is 0.267 e. The van der Waals surface area contributed by atoms with Crippen LogP contribution in [-0.2, 0) is 10.0 Å². The van der Waals surface area contributed by atoms with Crippen molar-refractivity contribution < 1.29 is 22.3 Å². The summed E-state index contributed by atoms with van der Waals surface area (Å²) in [5, 5.41) is 3.84. The molecular formula is C24H29FN4O4S. The number of carbonyl (C=O) groups is 1. The molecule has 0 spiro atoms. The maximum atomic E-state index is 13.7. The number of nitrogens with one attached hydrogen (secondary N) is 2. The minimum atomic E-state index is -3.81. The van der Waals surface area contributed by atoms with Gasteiger partial charge in [0.2, 0.25) is 10.0 Å². The molecule has 0 aliphatic carbocycles. The Kier molecular flexibility index (Phi) is 7.47. The number of amides is 1. The van der Waals surface area contributed by atoms with E-state index in [0.29, 0.717) is 31.2 Å². The second-order valence-electron chi connectivity index (χ2n) is 8.54. The number of aromatic amines is 1. The summed E-state index contributed by atoms with van der Waals surface area (Å²) in [6.45, 7) is 1.39. The van der Waals surface area contributed by atoms with E-state index in [2.05, 4.69) is 15.3 Å². The number of hydrogen-bond acceptors (Lipinski definition) is 5. The minimum absolute atomic E-state index is 0.129. The number of benzene rings is 1. The molecule has 182 valence electrons. The van der Waals surface area contributed by atoms with Gasteiger partial charge in [-0.25, -0.2) is 12.8 Å². The summed E-state index contributed by atoms with van der Waals surface area (Å²) in [6, 6.07) is 7.16. The highest BCUT2D eigenvalue weighted by atomic mass is 32.2. The molecule has 2 aromatic heterocycles. The molecule has 34 heavy (non-hydrogen) atoms. The van der Waals surface area contributed by atoms with Gasteiger partial charge in [-0.1, -0.05) is 12.8 Å². The van der Waals surface area contributed by atoms with Crippen LogP contribution in [0, 0.1) is 11.7 Å². The van der Waals surface area contributed by atoms with Crippen molar-refractivity contribution in [2.75, 3.05) is 26.7 Å². The molecule has 1 aliphatic heterocycles. The second kappa shape index (κ2) is 10.5. The number of halogens is 1. The van der Waals surface area contributed by atoms with Gasteiger partial charge in [0.15, 0.2) is 0 Å². The van der Waals surface area contributed by atoms with Gasteiger partial charge >= 0.3 is 0 Å². The number of nitrogens with zero attached hydrogens (tertiary/aromatic N) is 2. The number of aromatic nitrogens is 2. The molecule has 1 amide bonds. The molecule has 0 bridgehead atoms. The Bertz CT molecular complexity index is 1220. The summed E-state index contributed by atoms with van der Waals surface area (Å²) < 4.78 is 46.2. The summed E-state index contributed by atoms with van der Waals surface area (Å²) in [5.74, 6) is -0.169. The molecule has 0 atom stereocenters. The molecule has 10 heteroatoms. The number of fused-ring (bicyclic) bond motifs is 1. The van der Waals surface area contributed by atoms with Crippen LogP contribution in [0.25, 0.3) is 10.9 Å². The maximum absolute atomic E-state index is 13.7. The zero-order valence-corrected chi connectivity index (χ0v) is 19.9. The molecule has 0 unspecified atom stereocenters. The van der Waals surface area contributed by atoms with E-state index in [1.165, 1.54) is 23.5 Å². The van der Waals surface area contributed by atoms with E-state index in [1.54, 1.807) is 18.5 Å². The Hall–Kier alpha value is -2.98. The van der Waals surface area contributed by atoms with E-state index in [4.69, 9.17) is 4.74 Å². The number of carbonyl (C=O) groups excluding carboxylic acids is 1. The summed E-state index contributed by atoms with van der Waals surface area (Å²) in [7, 11) is -2.44. The number of pyridine rings is 1. The van der Waals surface area contributed by atoms with E-state index in [-0.39, 0.29) is 16.6 Å². The van der Waals surface area contributed by atoms with Gasteiger partial charge in [0, 0.05) is 42.9 Å². The van der Waals surface area contributed by atoms with Crippen molar-refractivity contribution in [1.29, 1.82) is 0 Å². The lowest BCUT2D eigenvalue weighted by Crippen LogP contribution is -2.38. The summed E-state index contributed by atoms with van der Waals surface area (Å²) >= 11 is 0. The number of unbranched alkanes of at least 4 members (excludes halogenated alkanes) is 1. The monoisotopic (exact) mass is 488 g/mol. The standard InChI is InChI=1S/C24H29FN4O4S/c1-33-22-6-5-19(25)15-23(22)34(31,32)29-12-8-17(9-13-29)4-2-3-10-27-24(30)21-14-18-16-26-11-7-20(18)28-21/h5-7,11,14-17,28H,2-4,8-10,12-13H2,1H3,(H,27,30). The normalized spacial score (nSPS) is 15.5. The third-order valence-corrected chi connectivity index (χ3v) is 8.23. The summed E-state index contributed by atoms with van der Waals surface area (Å²) in [5.41, 5.74) is 1.40. The van der Waals surface area contributed by atoms with Gasteiger partial charge in [-0.3, -0.25) is 9.78 Å². The quantitative estimate of drug-likeness (QED) is 0.447. The summed E-state index contributed by atoms with van der Waals surface area (Å²) in [6.07, 6.45) is 7.69. The van der Waals surface area contributed by atoms with E-state index in [0.717, 1.165) is 49.1 Å². The molecule has 2 N–H and O–H groups in total. The fourth-order valence-electron chi connectivity index (χ4n) is 4.38. The largest absolute Gasteiger partial charge is 0.495 e. The highest BCUT2D eigenvalue weighted by molar-refractivity contribution is 7.89. The van der Waals surface area contributed by atoms with E-state index in [9.17, 15) is 17.6 Å². The van der Waals surface area contributed by atoms with Crippen LogP contribution in [0.4, 0.5) is 4.39 Å². The van der Waals surface area contributed by atoms with Gasteiger partial charge in [0.05, 0.1) is 7.11 Å². The highest BCUT2D eigenvalue weighted by Gasteiger charge is 2.31. The zero-order chi connectivity index (χ0) is 24.1. The Labute approximate surface area is 198 Å². The van der Waals surface area contributed by atoms with Gasteiger partial charge in [0.25, 0.3) is 5.91 Å². The van der Waals surface area contributed by atoms with Crippen LogP contribution in [0.15, 0.2) is 47.6 Å². The third-order valence-electron chi connectivity index (χ3n) is 6.31. The van der Waals surface area contributed by atoms with Crippen LogP contribution in [0.3, 0.4) is 0 Å². The second-order valence-corrected chi connectivity index (χ2v) is 10.4. The number of rotatable bonds is 9. The smallest absolute Gasteiger partial charge is 0.267 e. The van der Waals surface area contributed by atoms with Crippen molar-refractivity contribution in [3.05, 3.63) is 54.2 Å². The number of ether oxygens (including phenoxy) is 1. The van der Waals surface area contributed by atoms with Gasteiger partial charge < -0.3 is 15.0 Å². The van der Waals surface area contributed by atoms with Gasteiger partial charge in [-0.2, -0.15) is 4.31 Å². The van der Waals surface area contributed by atoms with Crippen LogP contribution < -0.4 is 10.1 Å². The Morgan fingerprint density at radius 1 is 1.24 bits per heavy atom. The van der Waals surface area contributed by atoms with E-state index >= 15 is 0 Å². The SMILES string of the molecule is COc1ccc(F)cc1S(=O)(=O)N1CCC(CCCCNC(=O)c2cc3cnccc3[nH]2)CC1. The molecule has 0 radical (unpaired) electrons. The fraction of sp³-hybridized carbons (Fsp3) is 0.417. The Morgan fingerprint density at radius 2 is 2.03 bits per heavy atom. The minimum Gasteiger partial charge on any atom is -0.495 e. The number of H-pyrrole nitrogens is 1. The fourth-order valence-corrected chi connectivity index (χ4v) is 6.02. The molecule has 0 saturated carbocycles. The van der Waals surface area contributed by atoms with Crippen LogP contribution in [0.1, 0.15) is 42.6 Å². The van der Waals surface area contributed by atoms with E-state index in [1.807, 2.05) is 6.07 Å². The van der Waals surface area contributed by atoms with Crippen molar-refractivity contribution in [3.63, 3.8) is 0 Å². The first-order valence-corrected chi connectivity index (χ1v) is 12.9. The number of piperidine rings is 1. The number of methoxy groups -OCH3 is 1. The predicted molar refractivity (Wildman–Crippen MR) is 127 cm³/mol. The summed E-state index contributed by atoms with van der Waals surface area (Å²) in [4.78, 5) is 19.4. The average molecular weight is 489 g/mol. The first-order chi connectivity index (χ1) is 16.4. The Morgan fingerprint density at radius 3 is 2.76 bits per heavy atom. The van der Waals surface area contributed by atoms with Gasteiger partial charge in [0.1, 0.15) is 22.2 Å². The van der Waals surface area contributed by atoms with Crippen molar-refractivity contribution in [2.45, 2.75) is 37.0 Å². The van der Waals surface area contributed by atoms with Gasteiger partial charge in [-0.15, -0.1) is 0 Å². The molecule has 1 aromatic carbocycles. The van der Waals surface area contributed by atoms with E-state index < -0.39 is 15.8 Å². The van der Waals surface area contributed by atoms with Crippen LogP contribution in [-0.4, -0.2) is 55.3 Å². The number of hydrogen-bond donors (Lipinski definition) is 2. The van der Waals surface area contributed by atoms with Crippen molar-refractivity contribution in [1.82, 2.24) is 19.6 Å².